The maximum atomic E-state index is 11.5. The van der Waals surface area contributed by atoms with Gasteiger partial charge in [0.25, 0.3) is 5.56 Å². The zero-order valence-corrected chi connectivity index (χ0v) is 11.9. The Labute approximate surface area is 125 Å². The van der Waals surface area contributed by atoms with E-state index < -0.39 is 17.4 Å². The van der Waals surface area contributed by atoms with E-state index in [0.717, 1.165) is 11.9 Å². The molecule has 2 rings (SSSR count). The number of nitrogens with one attached hydrogen (secondary N) is 1. The normalized spacial score (nSPS) is 11.9. The summed E-state index contributed by atoms with van der Waals surface area (Å²) in [5, 5.41) is 9.17. The number of aromatic amines is 1. The second-order valence-electron chi connectivity index (χ2n) is 4.37. The van der Waals surface area contributed by atoms with E-state index >= 15 is 0 Å². The molecule has 6 nitrogen and oxygen atoms in total. The Bertz CT molecular complexity index is 697. The van der Waals surface area contributed by atoms with E-state index in [1.54, 1.807) is 31.4 Å². The minimum Gasteiger partial charge on any atom is -0.497 e. The van der Waals surface area contributed by atoms with E-state index in [9.17, 15) is 14.7 Å². The summed E-state index contributed by atoms with van der Waals surface area (Å²) in [4.78, 5) is 29.1. The number of H-pyrrole nitrogens is 1. The molecule has 1 aromatic heterocycles. The summed E-state index contributed by atoms with van der Waals surface area (Å²) in [6.45, 7) is 0. The molecule has 21 heavy (non-hydrogen) atoms. The van der Waals surface area contributed by atoms with Crippen LogP contribution in [0.2, 0.25) is 5.02 Å². The molecule has 1 unspecified atom stereocenters. The number of aromatic nitrogens is 2. The van der Waals surface area contributed by atoms with Gasteiger partial charge >= 0.3 is 5.97 Å². The van der Waals surface area contributed by atoms with Gasteiger partial charge in [0, 0.05) is 0 Å². The fourth-order valence-electron chi connectivity index (χ4n) is 1.94. The molecule has 0 amide bonds. The van der Waals surface area contributed by atoms with E-state index in [1.165, 1.54) is 0 Å². The fourth-order valence-corrected chi connectivity index (χ4v) is 2.17. The van der Waals surface area contributed by atoms with Crippen LogP contribution < -0.4 is 10.3 Å². The third-order valence-corrected chi connectivity index (χ3v) is 3.42. The number of carboxylic acids is 1. The summed E-state index contributed by atoms with van der Waals surface area (Å²) in [5.74, 6) is -1.41. The minimum atomic E-state index is -1.09. The average Bonchev–Trinajstić information content (AvgIpc) is 2.48. The Morgan fingerprint density at radius 1 is 1.43 bits per heavy atom. The first-order valence-corrected chi connectivity index (χ1v) is 6.49. The Hall–Kier alpha value is -2.34. The monoisotopic (exact) mass is 308 g/mol. The second kappa shape index (κ2) is 6.41. The van der Waals surface area contributed by atoms with Gasteiger partial charge in [0.15, 0.2) is 0 Å². The molecule has 0 spiro atoms. The van der Waals surface area contributed by atoms with Crippen LogP contribution in [0.3, 0.4) is 0 Å². The highest BCUT2D eigenvalue weighted by molar-refractivity contribution is 6.31. The van der Waals surface area contributed by atoms with Crippen molar-refractivity contribution in [1.82, 2.24) is 9.97 Å². The summed E-state index contributed by atoms with van der Waals surface area (Å²) < 4.78 is 5.05. The maximum Gasteiger partial charge on any atom is 0.312 e. The third kappa shape index (κ3) is 3.41. The van der Waals surface area contributed by atoms with Crippen molar-refractivity contribution < 1.29 is 14.6 Å². The van der Waals surface area contributed by atoms with Crippen LogP contribution in [0.5, 0.6) is 5.75 Å². The second-order valence-corrected chi connectivity index (χ2v) is 4.75. The van der Waals surface area contributed by atoms with Crippen molar-refractivity contribution >= 4 is 17.6 Å². The molecule has 0 bridgehead atoms. The number of benzene rings is 1. The molecule has 1 atom stereocenters. The van der Waals surface area contributed by atoms with Crippen LogP contribution in [0.1, 0.15) is 17.2 Å². The third-order valence-electron chi connectivity index (χ3n) is 3.05. The van der Waals surface area contributed by atoms with Gasteiger partial charge in [-0.05, 0) is 24.1 Å². The number of ether oxygens (including phenoxy) is 1. The SMILES string of the molecule is COc1ccc(CC(C(=O)O)c2nc[nH]c(=O)c2Cl)cc1. The van der Waals surface area contributed by atoms with Crippen LogP contribution in [-0.2, 0) is 11.2 Å². The van der Waals surface area contributed by atoms with E-state index in [1.807, 2.05) is 0 Å². The van der Waals surface area contributed by atoms with E-state index in [4.69, 9.17) is 16.3 Å². The quantitative estimate of drug-likeness (QED) is 0.879. The molecule has 0 aliphatic rings. The molecular formula is C14H13ClN2O4. The Morgan fingerprint density at radius 2 is 2.10 bits per heavy atom. The highest BCUT2D eigenvalue weighted by Crippen LogP contribution is 2.24. The number of hydrogen-bond acceptors (Lipinski definition) is 4. The van der Waals surface area contributed by atoms with Crippen molar-refractivity contribution in [2.45, 2.75) is 12.3 Å². The predicted molar refractivity (Wildman–Crippen MR) is 76.9 cm³/mol. The van der Waals surface area contributed by atoms with Gasteiger partial charge in [-0.25, -0.2) is 4.98 Å². The number of carboxylic acid groups (broad SMARTS) is 1. The van der Waals surface area contributed by atoms with Gasteiger partial charge in [0.2, 0.25) is 0 Å². The Morgan fingerprint density at radius 3 is 2.67 bits per heavy atom. The summed E-state index contributed by atoms with van der Waals surface area (Å²) in [6, 6.07) is 6.99. The van der Waals surface area contributed by atoms with Crippen LogP contribution in [-0.4, -0.2) is 28.2 Å². The van der Waals surface area contributed by atoms with E-state index in [-0.39, 0.29) is 17.1 Å². The molecule has 0 aliphatic carbocycles. The highest BCUT2D eigenvalue weighted by atomic mass is 35.5. The molecule has 2 aromatic rings. The lowest BCUT2D eigenvalue weighted by molar-refractivity contribution is -0.138. The number of aliphatic carboxylic acids is 1. The number of carbonyl (C=O) groups is 1. The standard InChI is InChI=1S/C14H13ClN2O4/c1-21-9-4-2-8(3-5-9)6-10(14(19)20)12-11(15)13(18)17-7-16-12/h2-5,7,10H,6H2,1H3,(H,19,20)(H,16,17,18). The summed E-state index contributed by atoms with van der Waals surface area (Å²) in [6.07, 6.45) is 1.32. The maximum absolute atomic E-state index is 11.5. The molecule has 110 valence electrons. The number of methoxy groups -OCH3 is 1. The molecule has 0 fully saturated rings. The van der Waals surface area contributed by atoms with Crippen LogP contribution in [0.15, 0.2) is 35.4 Å². The number of rotatable bonds is 5. The van der Waals surface area contributed by atoms with Gasteiger partial charge in [-0.3, -0.25) is 9.59 Å². The summed E-state index contributed by atoms with van der Waals surface area (Å²) in [5.41, 5.74) is 0.285. The lowest BCUT2D eigenvalue weighted by atomic mass is 9.96. The number of halogens is 1. The zero-order valence-electron chi connectivity index (χ0n) is 11.2. The van der Waals surface area contributed by atoms with Crippen molar-refractivity contribution in [3.63, 3.8) is 0 Å². The van der Waals surface area contributed by atoms with Crippen LogP contribution in [0, 0.1) is 0 Å². The van der Waals surface area contributed by atoms with E-state index in [0.29, 0.717) is 5.75 Å². The first-order valence-electron chi connectivity index (χ1n) is 6.11. The van der Waals surface area contributed by atoms with Crippen molar-refractivity contribution in [3.8, 4) is 5.75 Å². The number of hydrogen-bond donors (Lipinski definition) is 2. The highest BCUT2D eigenvalue weighted by Gasteiger charge is 2.25. The minimum absolute atomic E-state index is 0.0590. The van der Waals surface area contributed by atoms with Gasteiger partial charge in [0.05, 0.1) is 19.1 Å². The van der Waals surface area contributed by atoms with Gasteiger partial charge < -0.3 is 14.8 Å². The largest absolute Gasteiger partial charge is 0.497 e. The van der Waals surface area contributed by atoms with Gasteiger partial charge in [0.1, 0.15) is 16.7 Å². The molecule has 7 heteroatoms. The zero-order chi connectivity index (χ0) is 15.4. The van der Waals surface area contributed by atoms with Crippen molar-refractivity contribution in [2.75, 3.05) is 7.11 Å². The number of nitrogens with zero attached hydrogens (tertiary/aromatic N) is 1. The van der Waals surface area contributed by atoms with E-state index in [2.05, 4.69) is 9.97 Å². The van der Waals surface area contributed by atoms with Gasteiger partial charge in [-0.2, -0.15) is 0 Å². The molecule has 1 heterocycles. The summed E-state index contributed by atoms with van der Waals surface area (Å²) >= 11 is 5.86. The Balaban J connectivity index is 2.33. The molecule has 0 saturated carbocycles. The lowest BCUT2D eigenvalue weighted by Gasteiger charge is -2.13. The molecule has 0 saturated heterocycles. The molecule has 1 aromatic carbocycles. The lowest BCUT2D eigenvalue weighted by Crippen LogP contribution is -2.20. The van der Waals surface area contributed by atoms with Crippen molar-refractivity contribution in [2.24, 2.45) is 0 Å². The van der Waals surface area contributed by atoms with Crippen LogP contribution in [0.25, 0.3) is 0 Å². The Kier molecular flexibility index (Phi) is 4.59. The molecule has 0 radical (unpaired) electrons. The predicted octanol–water partition coefficient (Wildman–Crippen LogP) is 1.84. The van der Waals surface area contributed by atoms with Crippen molar-refractivity contribution in [3.05, 3.63) is 57.2 Å². The molecular weight excluding hydrogens is 296 g/mol. The first kappa shape index (κ1) is 15.1. The van der Waals surface area contributed by atoms with Gasteiger partial charge in [-0.15, -0.1) is 0 Å². The summed E-state index contributed by atoms with van der Waals surface area (Å²) in [7, 11) is 1.55. The van der Waals surface area contributed by atoms with Crippen LogP contribution >= 0.6 is 11.6 Å². The van der Waals surface area contributed by atoms with Crippen LogP contribution in [0.4, 0.5) is 0 Å². The average molecular weight is 309 g/mol. The van der Waals surface area contributed by atoms with Gasteiger partial charge in [-0.1, -0.05) is 23.7 Å². The fraction of sp³-hybridized carbons (Fsp3) is 0.214. The smallest absolute Gasteiger partial charge is 0.312 e. The topological polar surface area (TPSA) is 92.3 Å². The molecule has 0 aliphatic heterocycles. The first-order chi connectivity index (χ1) is 10.0. The van der Waals surface area contributed by atoms with Crippen molar-refractivity contribution in [1.29, 1.82) is 0 Å². The molecule has 2 N–H and O–H groups in total.